The normalized spacial score (nSPS) is 25.6. The third-order valence-electron chi connectivity index (χ3n) is 4.43. The van der Waals surface area contributed by atoms with Gasteiger partial charge in [-0.1, -0.05) is 18.2 Å². The summed E-state index contributed by atoms with van der Waals surface area (Å²) < 4.78 is 0. The zero-order valence-electron chi connectivity index (χ0n) is 12.3. The zero-order valence-corrected chi connectivity index (χ0v) is 13.9. The number of amides is 1. The van der Waals surface area contributed by atoms with Crippen LogP contribution in [-0.2, 0) is 4.79 Å². The van der Waals surface area contributed by atoms with Crippen molar-refractivity contribution in [1.29, 1.82) is 0 Å². The van der Waals surface area contributed by atoms with Crippen LogP contribution in [0.1, 0.15) is 31.2 Å². The highest BCUT2D eigenvalue weighted by Gasteiger charge is 2.31. The second kappa shape index (κ2) is 7.52. The molecule has 3 unspecified atom stereocenters. The van der Waals surface area contributed by atoms with Crippen LogP contribution in [0, 0.1) is 5.92 Å². The van der Waals surface area contributed by atoms with Gasteiger partial charge >= 0.3 is 0 Å². The van der Waals surface area contributed by atoms with Gasteiger partial charge in [0.1, 0.15) is 0 Å². The topological polar surface area (TPSA) is 41.1 Å². The molecule has 2 N–H and O–H groups in total. The number of piperidine rings is 1. The van der Waals surface area contributed by atoms with Gasteiger partial charge in [0, 0.05) is 16.7 Å². The van der Waals surface area contributed by atoms with Gasteiger partial charge in [-0.2, -0.15) is 0 Å². The number of rotatable bonds is 3. The number of thioether (sulfide) groups is 1. The molecule has 116 valence electrons. The van der Waals surface area contributed by atoms with E-state index in [2.05, 4.69) is 29.7 Å². The molecule has 0 radical (unpaired) electrons. The summed E-state index contributed by atoms with van der Waals surface area (Å²) in [6.07, 6.45) is 2.43. The van der Waals surface area contributed by atoms with Gasteiger partial charge in [0.05, 0.1) is 5.92 Å². The predicted octanol–water partition coefficient (Wildman–Crippen LogP) is 2.80. The monoisotopic (exact) mass is 326 g/mol. The summed E-state index contributed by atoms with van der Waals surface area (Å²) >= 11 is 1.79. The van der Waals surface area contributed by atoms with E-state index in [1.54, 1.807) is 11.8 Å². The van der Waals surface area contributed by atoms with E-state index in [9.17, 15) is 4.79 Å². The van der Waals surface area contributed by atoms with E-state index in [0.717, 1.165) is 18.8 Å². The zero-order chi connectivity index (χ0) is 13.9. The highest BCUT2D eigenvalue weighted by molar-refractivity contribution is 7.99. The summed E-state index contributed by atoms with van der Waals surface area (Å²) in [7, 11) is 0. The van der Waals surface area contributed by atoms with E-state index < -0.39 is 0 Å². The number of hydrogen-bond acceptors (Lipinski definition) is 3. The Morgan fingerprint density at radius 3 is 3.00 bits per heavy atom. The molecule has 2 heterocycles. The SMILES string of the molecule is CC(NC(=O)C1CSc2ccccc21)C1CCCNC1.Cl. The maximum Gasteiger partial charge on any atom is 0.228 e. The fourth-order valence-corrected chi connectivity index (χ4v) is 4.36. The van der Waals surface area contributed by atoms with Gasteiger partial charge in [-0.05, 0) is 50.4 Å². The fraction of sp³-hybridized carbons (Fsp3) is 0.562. The Morgan fingerprint density at radius 2 is 2.24 bits per heavy atom. The first-order chi connectivity index (χ1) is 9.75. The van der Waals surface area contributed by atoms with Crippen molar-refractivity contribution in [2.24, 2.45) is 5.92 Å². The van der Waals surface area contributed by atoms with Crippen LogP contribution in [-0.4, -0.2) is 30.8 Å². The lowest BCUT2D eigenvalue weighted by Crippen LogP contribution is -2.46. The van der Waals surface area contributed by atoms with Crippen molar-refractivity contribution >= 4 is 30.1 Å². The molecule has 1 aromatic rings. The first-order valence-electron chi connectivity index (χ1n) is 7.48. The molecule has 5 heteroatoms. The maximum absolute atomic E-state index is 12.5. The van der Waals surface area contributed by atoms with Gasteiger partial charge in [-0.3, -0.25) is 4.79 Å². The summed E-state index contributed by atoms with van der Waals surface area (Å²) in [5, 5.41) is 6.66. The molecule has 1 aromatic carbocycles. The van der Waals surface area contributed by atoms with E-state index >= 15 is 0 Å². The van der Waals surface area contributed by atoms with Crippen LogP contribution in [0.5, 0.6) is 0 Å². The molecule has 1 amide bonds. The van der Waals surface area contributed by atoms with E-state index in [1.807, 2.05) is 12.1 Å². The summed E-state index contributed by atoms with van der Waals surface area (Å²) in [6, 6.07) is 8.53. The van der Waals surface area contributed by atoms with Crippen molar-refractivity contribution in [2.45, 2.75) is 36.6 Å². The minimum atomic E-state index is 0. The summed E-state index contributed by atoms with van der Waals surface area (Å²) in [6.45, 7) is 4.28. The van der Waals surface area contributed by atoms with Crippen molar-refractivity contribution in [3.8, 4) is 0 Å². The largest absolute Gasteiger partial charge is 0.353 e. The molecule has 3 nitrogen and oxygen atoms in total. The lowest BCUT2D eigenvalue weighted by Gasteiger charge is -2.29. The molecule has 2 aliphatic heterocycles. The minimum absolute atomic E-state index is 0. The molecule has 0 aliphatic carbocycles. The van der Waals surface area contributed by atoms with Gasteiger partial charge in [0.15, 0.2) is 0 Å². The van der Waals surface area contributed by atoms with E-state index in [1.165, 1.54) is 23.3 Å². The lowest BCUT2D eigenvalue weighted by molar-refractivity contribution is -0.123. The predicted molar refractivity (Wildman–Crippen MR) is 90.4 cm³/mol. The van der Waals surface area contributed by atoms with Crippen LogP contribution in [0.4, 0.5) is 0 Å². The standard InChI is InChI=1S/C16H22N2OS.ClH/c1-11(12-5-4-8-17-9-12)18-16(19)14-10-20-15-7-3-2-6-13(14)15;/h2-3,6-7,11-12,14,17H,4-5,8-10H2,1H3,(H,18,19);1H. The summed E-state index contributed by atoms with van der Waals surface area (Å²) in [5.41, 5.74) is 1.20. The van der Waals surface area contributed by atoms with Gasteiger partial charge < -0.3 is 10.6 Å². The number of hydrogen-bond donors (Lipinski definition) is 2. The van der Waals surface area contributed by atoms with E-state index in [-0.39, 0.29) is 30.3 Å². The summed E-state index contributed by atoms with van der Waals surface area (Å²) in [5.74, 6) is 1.66. The highest BCUT2D eigenvalue weighted by Crippen LogP contribution is 2.39. The molecule has 3 atom stereocenters. The number of fused-ring (bicyclic) bond motifs is 1. The van der Waals surface area contributed by atoms with Crippen molar-refractivity contribution in [3.05, 3.63) is 29.8 Å². The van der Waals surface area contributed by atoms with Gasteiger partial charge in [0.25, 0.3) is 0 Å². The molecule has 1 fully saturated rings. The molecule has 21 heavy (non-hydrogen) atoms. The molecule has 3 rings (SSSR count). The average Bonchev–Trinajstić information content (AvgIpc) is 2.92. The Hall–Kier alpha value is -0.710. The van der Waals surface area contributed by atoms with Crippen LogP contribution in [0.3, 0.4) is 0 Å². The van der Waals surface area contributed by atoms with Crippen LogP contribution in [0.2, 0.25) is 0 Å². The Morgan fingerprint density at radius 1 is 1.43 bits per heavy atom. The first-order valence-corrected chi connectivity index (χ1v) is 8.47. The molecule has 0 aromatic heterocycles. The highest BCUT2D eigenvalue weighted by atomic mass is 35.5. The minimum Gasteiger partial charge on any atom is -0.353 e. The van der Waals surface area contributed by atoms with Gasteiger partial charge in [-0.15, -0.1) is 24.2 Å². The second-order valence-electron chi connectivity index (χ2n) is 5.81. The van der Waals surface area contributed by atoms with Crippen LogP contribution in [0.25, 0.3) is 0 Å². The average molecular weight is 327 g/mol. The van der Waals surface area contributed by atoms with Crippen molar-refractivity contribution in [1.82, 2.24) is 10.6 Å². The third kappa shape index (κ3) is 3.74. The quantitative estimate of drug-likeness (QED) is 0.897. The van der Waals surface area contributed by atoms with E-state index in [0.29, 0.717) is 5.92 Å². The lowest BCUT2D eigenvalue weighted by atomic mass is 9.92. The Kier molecular flexibility index (Phi) is 5.97. The molecule has 2 aliphatic rings. The van der Waals surface area contributed by atoms with Crippen molar-refractivity contribution in [3.63, 3.8) is 0 Å². The maximum atomic E-state index is 12.5. The first kappa shape index (κ1) is 16.7. The molecule has 1 saturated heterocycles. The molecular weight excluding hydrogens is 304 g/mol. The molecule has 0 saturated carbocycles. The number of carbonyl (C=O) groups excluding carboxylic acids is 1. The number of benzene rings is 1. The van der Waals surface area contributed by atoms with Crippen molar-refractivity contribution in [2.75, 3.05) is 18.8 Å². The number of halogens is 1. The fourth-order valence-electron chi connectivity index (χ4n) is 3.13. The van der Waals surface area contributed by atoms with Crippen LogP contribution in [0.15, 0.2) is 29.2 Å². The number of nitrogens with one attached hydrogen (secondary N) is 2. The molecular formula is C16H23ClN2OS. The summed E-state index contributed by atoms with van der Waals surface area (Å²) in [4.78, 5) is 13.8. The van der Waals surface area contributed by atoms with Gasteiger partial charge in [-0.25, -0.2) is 0 Å². The van der Waals surface area contributed by atoms with Gasteiger partial charge in [0.2, 0.25) is 5.91 Å². The third-order valence-corrected chi connectivity index (χ3v) is 5.61. The Labute approximate surface area is 137 Å². The van der Waals surface area contributed by atoms with Crippen LogP contribution < -0.4 is 10.6 Å². The Balaban J connectivity index is 0.00000161. The Bertz CT molecular complexity index is 491. The molecule has 0 bridgehead atoms. The van der Waals surface area contributed by atoms with Crippen LogP contribution >= 0.6 is 24.2 Å². The van der Waals surface area contributed by atoms with E-state index in [4.69, 9.17) is 0 Å². The second-order valence-corrected chi connectivity index (χ2v) is 6.87. The van der Waals surface area contributed by atoms with Crippen molar-refractivity contribution < 1.29 is 4.79 Å². The molecule has 0 spiro atoms. The smallest absolute Gasteiger partial charge is 0.228 e. The number of carbonyl (C=O) groups is 1.